The molecular weight excluding hydrogens is 332 g/mol. The summed E-state index contributed by atoms with van der Waals surface area (Å²) in [7, 11) is -3.35. The summed E-state index contributed by atoms with van der Waals surface area (Å²) >= 11 is 1.82. The van der Waals surface area contributed by atoms with E-state index in [9.17, 15) is 8.42 Å². The summed E-state index contributed by atoms with van der Waals surface area (Å²) in [6, 6.07) is 0. The largest absolute Gasteiger partial charge is 0.300 e. The molecule has 0 unspecified atom stereocenters. The van der Waals surface area contributed by atoms with Gasteiger partial charge in [0.2, 0.25) is 10.0 Å². The number of primary sulfonamides is 1. The number of hydrogen-bond donors (Lipinski definition) is 1. The van der Waals surface area contributed by atoms with Crippen molar-refractivity contribution >= 4 is 21.4 Å². The highest BCUT2D eigenvalue weighted by molar-refractivity contribution is 7.89. The lowest BCUT2D eigenvalue weighted by Gasteiger charge is -2.34. The van der Waals surface area contributed by atoms with Crippen LogP contribution in [0.15, 0.2) is 5.38 Å². The Morgan fingerprint density at radius 3 is 2.48 bits per heavy atom. The quantitative estimate of drug-likeness (QED) is 0.827. The van der Waals surface area contributed by atoms with Crippen molar-refractivity contribution in [2.75, 3.05) is 38.5 Å². The van der Waals surface area contributed by atoms with Crippen molar-refractivity contribution in [3.63, 3.8) is 0 Å². The molecule has 0 bridgehead atoms. The third-order valence-corrected chi connectivity index (χ3v) is 6.62. The van der Waals surface area contributed by atoms with Crippen molar-refractivity contribution in [2.45, 2.75) is 38.1 Å². The topological polar surface area (TPSA) is 79.5 Å². The summed E-state index contributed by atoms with van der Waals surface area (Å²) in [5.74, 6) is 0.743. The minimum atomic E-state index is -3.35. The van der Waals surface area contributed by atoms with Gasteiger partial charge < -0.3 is 0 Å². The molecule has 1 aliphatic heterocycles. The van der Waals surface area contributed by atoms with Crippen LogP contribution in [0, 0.1) is 0 Å². The van der Waals surface area contributed by atoms with Gasteiger partial charge in [-0.25, -0.2) is 18.5 Å². The van der Waals surface area contributed by atoms with Gasteiger partial charge in [0.05, 0.1) is 16.5 Å². The molecular formula is C15H26N4O2S2. The molecule has 0 radical (unpaired) electrons. The Morgan fingerprint density at radius 2 is 1.83 bits per heavy atom. The summed E-state index contributed by atoms with van der Waals surface area (Å²) in [5, 5.41) is 8.60. The lowest BCUT2D eigenvalue weighted by atomic mass is 10.1. The van der Waals surface area contributed by atoms with E-state index in [1.165, 1.54) is 36.4 Å². The zero-order valence-corrected chi connectivity index (χ0v) is 15.1. The van der Waals surface area contributed by atoms with Gasteiger partial charge in [0.25, 0.3) is 0 Å². The van der Waals surface area contributed by atoms with Gasteiger partial charge in [-0.1, -0.05) is 12.8 Å². The highest BCUT2D eigenvalue weighted by atomic mass is 32.2. The second kappa shape index (κ2) is 7.57. The smallest absolute Gasteiger partial charge is 0.210 e. The summed E-state index contributed by atoms with van der Waals surface area (Å²) in [5.41, 5.74) is 1.19. The van der Waals surface area contributed by atoms with Crippen molar-refractivity contribution in [1.29, 1.82) is 0 Å². The number of nitrogens with zero attached hydrogens (tertiary/aromatic N) is 3. The zero-order valence-electron chi connectivity index (χ0n) is 13.5. The fraction of sp³-hybridized carbons (Fsp3) is 0.800. The second-order valence-corrected chi connectivity index (χ2v) is 9.27. The van der Waals surface area contributed by atoms with E-state index >= 15 is 0 Å². The zero-order chi connectivity index (χ0) is 16.3. The molecule has 2 fully saturated rings. The first-order valence-electron chi connectivity index (χ1n) is 8.39. The standard InChI is InChI=1S/C15H26N4O2S2/c16-23(20,21)10-9-18-5-7-19(8-6-18)11-14-12-22-15(17-14)13-3-1-2-4-13/h12-13H,1-11H2,(H2,16,20,21). The highest BCUT2D eigenvalue weighted by Gasteiger charge is 2.22. The molecule has 2 aliphatic rings. The summed E-state index contributed by atoms with van der Waals surface area (Å²) in [6.45, 7) is 5.16. The van der Waals surface area contributed by atoms with Gasteiger partial charge in [0.15, 0.2) is 0 Å². The van der Waals surface area contributed by atoms with Crippen molar-refractivity contribution < 1.29 is 8.42 Å². The van der Waals surface area contributed by atoms with Gasteiger partial charge in [-0.15, -0.1) is 11.3 Å². The van der Waals surface area contributed by atoms with Gasteiger partial charge in [0.1, 0.15) is 0 Å². The van der Waals surface area contributed by atoms with Crippen molar-refractivity contribution in [3.05, 3.63) is 16.1 Å². The Kier molecular flexibility index (Phi) is 5.69. The van der Waals surface area contributed by atoms with Crippen LogP contribution < -0.4 is 5.14 Å². The Hall–Kier alpha value is -0.540. The SMILES string of the molecule is NS(=O)(=O)CCN1CCN(Cc2csc(C3CCCC3)n2)CC1. The number of sulfonamides is 1. The van der Waals surface area contributed by atoms with Crippen LogP contribution in [0.5, 0.6) is 0 Å². The molecule has 1 aromatic rings. The predicted molar refractivity (Wildman–Crippen MR) is 93.0 cm³/mol. The van der Waals surface area contributed by atoms with E-state index in [0.29, 0.717) is 12.5 Å². The van der Waals surface area contributed by atoms with Gasteiger partial charge in [0, 0.05) is 50.6 Å². The average Bonchev–Trinajstić information content (AvgIpc) is 3.16. The van der Waals surface area contributed by atoms with Crippen LogP contribution in [0.1, 0.15) is 42.3 Å². The van der Waals surface area contributed by atoms with Crippen LogP contribution in [-0.2, 0) is 16.6 Å². The molecule has 3 rings (SSSR count). The minimum absolute atomic E-state index is 0.0455. The van der Waals surface area contributed by atoms with Gasteiger partial charge >= 0.3 is 0 Å². The van der Waals surface area contributed by atoms with E-state index in [4.69, 9.17) is 10.1 Å². The Balaban J connectivity index is 1.43. The summed E-state index contributed by atoms with van der Waals surface area (Å²) in [4.78, 5) is 9.42. The van der Waals surface area contributed by atoms with Crippen LogP contribution in [0.4, 0.5) is 0 Å². The third-order valence-electron chi connectivity index (χ3n) is 4.82. The first kappa shape index (κ1) is 17.3. The molecule has 1 aromatic heterocycles. The van der Waals surface area contributed by atoms with Gasteiger partial charge in [-0.2, -0.15) is 0 Å². The monoisotopic (exact) mass is 358 g/mol. The maximum Gasteiger partial charge on any atom is 0.210 e. The molecule has 0 amide bonds. The van der Waals surface area contributed by atoms with Crippen LogP contribution >= 0.6 is 11.3 Å². The fourth-order valence-electron chi connectivity index (χ4n) is 3.41. The third kappa shape index (κ3) is 5.22. The molecule has 2 heterocycles. The van der Waals surface area contributed by atoms with Crippen LogP contribution in [0.3, 0.4) is 0 Å². The highest BCUT2D eigenvalue weighted by Crippen LogP contribution is 2.35. The first-order valence-corrected chi connectivity index (χ1v) is 11.0. The minimum Gasteiger partial charge on any atom is -0.300 e. The summed E-state index contributed by atoms with van der Waals surface area (Å²) < 4.78 is 22.0. The van der Waals surface area contributed by atoms with E-state index in [1.807, 2.05) is 11.3 Å². The Bertz CT molecular complexity index is 603. The maximum absolute atomic E-state index is 11.0. The molecule has 8 heteroatoms. The molecule has 130 valence electrons. The van der Waals surface area contributed by atoms with Gasteiger partial charge in [-0.3, -0.25) is 9.80 Å². The fourth-order valence-corrected chi connectivity index (χ4v) is 4.91. The van der Waals surface area contributed by atoms with E-state index in [0.717, 1.165) is 32.7 Å². The molecule has 23 heavy (non-hydrogen) atoms. The number of nitrogens with two attached hydrogens (primary N) is 1. The van der Waals surface area contributed by atoms with Crippen molar-refractivity contribution in [1.82, 2.24) is 14.8 Å². The average molecular weight is 359 g/mol. The normalized spacial score (nSPS) is 22.0. The van der Waals surface area contributed by atoms with Crippen LogP contribution in [0.25, 0.3) is 0 Å². The van der Waals surface area contributed by atoms with Gasteiger partial charge in [-0.05, 0) is 12.8 Å². The Morgan fingerprint density at radius 1 is 1.17 bits per heavy atom. The number of piperazine rings is 1. The first-order chi connectivity index (χ1) is 11.0. The maximum atomic E-state index is 11.0. The summed E-state index contributed by atoms with van der Waals surface area (Å²) in [6.07, 6.45) is 5.30. The number of rotatable bonds is 6. The molecule has 0 spiro atoms. The number of thiazole rings is 1. The molecule has 6 nitrogen and oxygen atoms in total. The second-order valence-electron chi connectivity index (χ2n) is 6.64. The molecule has 2 N–H and O–H groups in total. The van der Waals surface area contributed by atoms with Crippen LogP contribution in [0.2, 0.25) is 0 Å². The lowest BCUT2D eigenvalue weighted by molar-refractivity contribution is 0.131. The molecule has 0 atom stereocenters. The van der Waals surface area contributed by atoms with Crippen molar-refractivity contribution in [3.8, 4) is 0 Å². The molecule has 1 saturated heterocycles. The molecule has 0 aromatic carbocycles. The van der Waals surface area contributed by atoms with E-state index in [-0.39, 0.29) is 5.75 Å². The number of hydrogen-bond acceptors (Lipinski definition) is 6. The van der Waals surface area contributed by atoms with E-state index in [2.05, 4.69) is 15.2 Å². The van der Waals surface area contributed by atoms with Crippen molar-refractivity contribution in [2.24, 2.45) is 5.14 Å². The van der Waals surface area contributed by atoms with E-state index < -0.39 is 10.0 Å². The van der Waals surface area contributed by atoms with Crippen LogP contribution in [-0.4, -0.2) is 61.7 Å². The molecule has 1 aliphatic carbocycles. The Labute approximate surface area is 142 Å². The predicted octanol–water partition coefficient (Wildman–Crippen LogP) is 1.21. The lowest BCUT2D eigenvalue weighted by Crippen LogP contribution is -2.47. The molecule has 1 saturated carbocycles. The number of aromatic nitrogens is 1. The van der Waals surface area contributed by atoms with E-state index in [1.54, 1.807) is 0 Å².